The van der Waals surface area contributed by atoms with Crippen molar-refractivity contribution in [3.63, 3.8) is 0 Å². The molecule has 3 aromatic rings. The smallest absolute Gasteiger partial charge is 0.265 e. The number of hydrogen-bond acceptors (Lipinski definition) is 3. The van der Waals surface area contributed by atoms with Crippen molar-refractivity contribution in [2.45, 2.75) is 6.42 Å². The SMILES string of the molecule is O=C(Nc1ccc2c(c1)N(CCc1ccccc1)C(=O)CO2)c1ccc(F)cc1. The molecule has 0 unspecified atom stereocenters. The minimum absolute atomic E-state index is 0.0108. The quantitative estimate of drug-likeness (QED) is 0.715. The van der Waals surface area contributed by atoms with E-state index < -0.39 is 5.82 Å². The molecule has 29 heavy (non-hydrogen) atoms. The average molecular weight is 390 g/mol. The molecule has 4 rings (SSSR count). The van der Waals surface area contributed by atoms with Gasteiger partial charge in [0.25, 0.3) is 11.8 Å². The van der Waals surface area contributed by atoms with Gasteiger partial charge in [0, 0.05) is 17.8 Å². The van der Waals surface area contributed by atoms with Gasteiger partial charge < -0.3 is 15.0 Å². The van der Waals surface area contributed by atoms with E-state index in [0.29, 0.717) is 35.7 Å². The van der Waals surface area contributed by atoms with E-state index in [1.165, 1.54) is 24.3 Å². The highest BCUT2D eigenvalue weighted by molar-refractivity contribution is 6.05. The molecule has 3 aromatic carbocycles. The minimum Gasteiger partial charge on any atom is -0.482 e. The van der Waals surface area contributed by atoms with Gasteiger partial charge in [-0.15, -0.1) is 0 Å². The van der Waals surface area contributed by atoms with Crippen LogP contribution in [0.1, 0.15) is 15.9 Å². The monoisotopic (exact) mass is 390 g/mol. The Bertz CT molecular complexity index is 1040. The molecule has 0 atom stereocenters. The first-order valence-corrected chi connectivity index (χ1v) is 9.28. The van der Waals surface area contributed by atoms with Crippen LogP contribution >= 0.6 is 0 Å². The molecule has 0 aliphatic carbocycles. The van der Waals surface area contributed by atoms with E-state index in [2.05, 4.69) is 5.32 Å². The van der Waals surface area contributed by atoms with Crippen LogP contribution in [0.15, 0.2) is 72.8 Å². The fraction of sp³-hybridized carbons (Fsp3) is 0.130. The molecular weight excluding hydrogens is 371 g/mol. The highest BCUT2D eigenvalue weighted by atomic mass is 19.1. The lowest BCUT2D eigenvalue weighted by atomic mass is 10.1. The van der Waals surface area contributed by atoms with Gasteiger partial charge in [0.15, 0.2) is 6.61 Å². The minimum atomic E-state index is -0.403. The van der Waals surface area contributed by atoms with E-state index in [4.69, 9.17) is 4.74 Å². The molecule has 0 aromatic heterocycles. The molecule has 1 heterocycles. The number of halogens is 1. The molecular formula is C23H19FN2O3. The van der Waals surface area contributed by atoms with E-state index >= 15 is 0 Å². The Hall–Kier alpha value is -3.67. The van der Waals surface area contributed by atoms with Crippen LogP contribution in [0.4, 0.5) is 15.8 Å². The molecule has 0 radical (unpaired) electrons. The number of nitrogens with zero attached hydrogens (tertiary/aromatic N) is 1. The Labute approximate surface area is 167 Å². The third kappa shape index (κ3) is 4.27. The van der Waals surface area contributed by atoms with E-state index in [9.17, 15) is 14.0 Å². The predicted octanol–water partition coefficient (Wildman–Crippen LogP) is 4.05. The lowest BCUT2D eigenvalue weighted by Crippen LogP contribution is -2.40. The number of fused-ring (bicyclic) bond motifs is 1. The third-order valence-corrected chi connectivity index (χ3v) is 4.73. The molecule has 6 heteroatoms. The molecule has 146 valence electrons. The second-order valence-corrected chi connectivity index (χ2v) is 6.71. The summed E-state index contributed by atoms with van der Waals surface area (Å²) in [5.74, 6) is -0.295. The second kappa shape index (κ2) is 8.14. The fourth-order valence-electron chi connectivity index (χ4n) is 3.22. The average Bonchev–Trinajstić information content (AvgIpc) is 2.74. The molecule has 0 spiro atoms. The summed E-state index contributed by atoms with van der Waals surface area (Å²) in [6, 6.07) is 20.4. The highest BCUT2D eigenvalue weighted by Crippen LogP contribution is 2.34. The Balaban J connectivity index is 1.53. The summed E-state index contributed by atoms with van der Waals surface area (Å²) in [4.78, 5) is 26.5. The van der Waals surface area contributed by atoms with Crippen LogP contribution in [0.2, 0.25) is 0 Å². The zero-order valence-electron chi connectivity index (χ0n) is 15.6. The Morgan fingerprint density at radius 1 is 1.03 bits per heavy atom. The predicted molar refractivity (Wildman–Crippen MR) is 109 cm³/mol. The number of carbonyl (C=O) groups is 2. The van der Waals surface area contributed by atoms with Crippen LogP contribution in [0.3, 0.4) is 0 Å². The van der Waals surface area contributed by atoms with Gasteiger partial charge in [-0.05, 0) is 54.4 Å². The van der Waals surface area contributed by atoms with Gasteiger partial charge in [-0.3, -0.25) is 9.59 Å². The van der Waals surface area contributed by atoms with Crippen molar-refractivity contribution in [1.82, 2.24) is 0 Å². The zero-order chi connectivity index (χ0) is 20.2. The molecule has 1 aliphatic rings. The van der Waals surface area contributed by atoms with Crippen molar-refractivity contribution in [2.75, 3.05) is 23.4 Å². The highest BCUT2D eigenvalue weighted by Gasteiger charge is 2.25. The maximum atomic E-state index is 13.1. The normalized spacial score (nSPS) is 12.9. The zero-order valence-corrected chi connectivity index (χ0v) is 15.6. The van der Waals surface area contributed by atoms with Crippen molar-refractivity contribution in [2.24, 2.45) is 0 Å². The summed E-state index contributed by atoms with van der Waals surface area (Å²) < 4.78 is 18.6. The van der Waals surface area contributed by atoms with Crippen LogP contribution in [0, 0.1) is 5.82 Å². The Morgan fingerprint density at radius 2 is 1.79 bits per heavy atom. The topological polar surface area (TPSA) is 58.6 Å². The number of amides is 2. The number of anilines is 2. The van der Waals surface area contributed by atoms with E-state index in [1.807, 2.05) is 30.3 Å². The molecule has 2 amide bonds. The van der Waals surface area contributed by atoms with Gasteiger partial charge in [0.2, 0.25) is 0 Å². The first kappa shape index (κ1) is 18.7. The lowest BCUT2D eigenvalue weighted by Gasteiger charge is -2.30. The van der Waals surface area contributed by atoms with Crippen LogP contribution in [-0.2, 0) is 11.2 Å². The molecule has 0 bridgehead atoms. The van der Waals surface area contributed by atoms with Crippen molar-refractivity contribution >= 4 is 23.2 Å². The standard InChI is InChI=1S/C23H19FN2O3/c24-18-8-6-17(7-9-18)23(28)25-19-10-11-21-20(14-19)26(22(27)15-29-21)13-12-16-4-2-1-3-5-16/h1-11,14H,12-13,15H2,(H,25,28). The van der Waals surface area contributed by atoms with Crippen molar-refractivity contribution in [1.29, 1.82) is 0 Å². The number of ether oxygens (including phenoxy) is 1. The van der Waals surface area contributed by atoms with Crippen molar-refractivity contribution in [3.05, 3.63) is 89.7 Å². The molecule has 1 N–H and O–H groups in total. The number of hydrogen-bond donors (Lipinski definition) is 1. The van der Waals surface area contributed by atoms with Gasteiger partial charge in [-0.1, -0.05) is 30.3 Å². The van der Waals surface area contributed by atoms with Crippen LogP contribution in [-0.4, -0.2) is 25.0 Å². The summed E-state index contributed by atoms with van der Waals surface area (Å²) >= 11 is 0. The van der Waals surface area contributed by atoms with E-state index in [-0.39, 0.29) is 18.4 Å². The maximum Gasteiger partial charge on any atom is 0.265 e. The molecule has 1 aliphatic heterocycles. The van der Waals surface area contributed by atoms with Crippen LogP contribution in [0.5, 0.6) is 5.75 Å². The first-order valence-electron chi connectivity index (χ1n) is 9.28. The summed E-state index contributed by atoms with van der Waals surface area (Å²) in [5, 5.41) is 2.78. The molecule has 5 nitrogen and oxygen atoms in total. The van der Waals surface area contributed by atoms with E-state index in [1.54, 1.807) is 23.1 Å². The summed E-state index contributed by atoms with van der Waals surface area (Å²) in [7, 11) is 0. The van der Waals surface area contributed by atoms with Crippen molar-refractivity contribution in [3.8, 4) is 5.75 Å². The Morgan fingerprint density at radius 3 is 2.55 bits per heavy atom. The van der Waals surface area contributed by atoms with Crippen molar-refractivity contribution < 1.29 is 18.7 Å². The maximum absolute atomic E-state index is 13.1. The second-order valence-electron chi connectivity index (χ2n) is 6.71. The van der Waals surface area contributed by atoms with E-state index in [0.717, 1.165) is 5.56 Å². The van der Waals surface area contributed by atoms with Gasteiger partial charge in [-0.25, -0.2) is 4.39 Å². The molecule has 0 saturated heterocycles. The third-order valence-electron chi connectivity index (χ3n) is 4.73. The summed E-state index contributed by atoms with van der Waals surface area (Å²) in [6.07, 6.45) is 0.707. The first-order chi connectivity index (χ1) is 14.1. The van der Waals surface area contributed by atoms with Gasteiger partial charge >= 0.3 is 0 Å². The summed E-state index contributed by atoms with van der Waals surface area (Å²) in [6.45, 7) is 0.498. The fourth-order valence-corrected chi connectivity index (χ4v) is 3.22. The van der Waals surface area contributed by atoms with Gasteiger partial charge in [0.05, 0.1) is 5.69 Å². The number of nitrogens with one attached hydrogen (secondary N) is 1. The van der Waals surface area contributed by atoms with Gasteiger partial charge in [-0.2, -0.15) is 0 Å². The Kier molecular flexibility index (Phi) is 5.24. The molecule has 0 fully saturated rings. The number of benzene rings is 3. The number of carbonyl (C=O) groups excluding carboxylic acids is 2. The number of rotatable bonds is 5. The van der Waals surface area contributed by atoms with Crippen LogP contribution in [0.25, 0.3) is 0 Å². The summed E-state index contributed by atoms with van der Waals surface area (Å²) in [5.41, 5.74) is 2.63. The largest absolute Gasteiger partial charge is 0.482 e. The lowest BCUT2D eigenvalue weighted by molar-refractivity contribution is -0.121. The molecule has 0 saturated carbocycles. The van der Waals surface area contributed by atoms with Gasteiger partial charge in [0.1, 0.15) is 11.6 Å². The van der Waals surface area contributed by atoms with Crippen LogP contribution < -0.4 is 15.0 Å².